The summed E-state index contributed by atoms with van der Waals surface area (Å²) < 4.78 is 0. The predicted molar refractivity (Wildman–Crippen MR) is 102 cm³/mol. The number of hydrogen-bond acceptors (Lipinski definition) is 3. The Morgan fingerprint density at radius 1 is 1.28 bits per heavy atom. The van der Waals surface area contributed by atoms with Crippen molar-refractivity contribution in [1.29, 1.82) is 0 Å². The summed E-state index contributed by atoms with van der Waals surface area (Å²) >= 11 is 7.96. The van der Waals surface area contributed by atoms with Crippen LogP contribution in [0.2, 0.25) is 5.02 Å². The van der Waals surface area contributed by atoms with Gasteiger partial charge in [-0.05, 0) is 49.4 Å². The number of carbonyl (C=O) groups excluding carboxylic acids is 2. The van der Waals surface area contributed by atoms with Crippen molar-refractivity contribution in [3.63, 3.8) is 0 Å². The van der Waals surface area contributed by atoms with E-state index in [4.69, 9.17) is 11.6 Å². The number of amides is 2. The lowest BCUT2D eigenvalue weighted by Crippen LogP contribution is -2.44. The van der Waals surface area contributed by atoms with E-state index in [1.807, 2.05) is 41.8 Å². The van der Waals surface area contributed by atoms with Gasteiger partial charge in [-0.1, -0.05) is 18.5 Å². The summed E-state index contributed by atoms with van der Waals surface area (Å²) in [6.45, 7) is 3.41. The molecule has 1 unspecified atom stereocenters. The number of piperidine rings is 1. The Labute approximate surface area is 158 Å². The van der Waals surface area contributed by atoms with Crippen molar-refractivity contribution in [2.75, 3.05) is 18.8 Å². The van der Waals surface area contributed by atoms with Crippen LogP contribution in [0.1, 0.15) is 50.6 Å². The SMILES string of the molecule is CCCC(=O)N1CCC(C(=O)NC2CCSc3ccc(Cl)cc32)CC1. The number of fused-ring (bicyclic) bond motifs is 1. The van der Waals surface area contributed by atoms with Crippen molar-refractivity contribution in [3.05, 3.63) is 28.8 Å². The smallest absolute Gasteiger partial charge is 0.223 e. The van der Waals surface area contributed by atoms with Gasteiger partial charge in [0.15, 0.2) is 0 Å². The minimum Gasteiger partial charge on any atom is -0.349 e. The molecule has 0 aliphatic carbocycles. The molecule has 4 nitrogen and oxygen atoms in total. The number of nitrogens with one attached hydrogen (secondary N) is 1. The number of likely N-dealkylation sites (tertiary alicyclic amines) is 1. The van der Waals surface area contributed by atoms with Crippen LogP contribution in [0.25, 0.3) is 0 Å². The molecule has 2 heterocycles. The van der Waals surface area contributed by atoms with E-state index in [-0.39, 0.29) is 23.8 Å². The highest BCUT2D eigenvalue weighted by atomic mass is 35.5. The molecular formula is C19H25ClN2O2S. The number of carbonyl (C=O) groups is 2. The monoisotopic (exact) mass is 380 g/mol. The first-order valence-electron chi connectivity index (χ1n) is 9.09. The standard InChI is InChI=1S/C19H25ClN2O2S/c1-2-3-18(23)22-9-6-13(7-10-22)19(24)21-16-8-11-25-17-5-4-14(20)12-15(16)17/h4-5,12-13,16H,2-3,6-11H2,1H3,(H,21,24). The number of halogens is 1. The lowest BCUT2D eigenvalue weighted by atomic mass is 9.94. The van der Waals surface area contributed by atoms with Gasteiger partial charge in [0.1, 0.15) is 0 Å². The van der Waals surface area contributed by atoms with Gasteiger partial charge >= 0.3 is 0 Å². The summed E-state index contributed by atoms with van der Waals surface area (Å²) in [4.78, 5) is 27.8. The van der Waals surface area contributed by atoms with E-state index in [2.05, 4.69) is 5.32 Å². The number of benzene rings is 1. The second kappa shape index (κ2) is 8.45. The minimum atomic E-state index is 0.00268. The van der Waals surface area contributed by atoms with Crippen LogP contribution in [-0.2, 0) is 9.59 Å². The van der Waals surface area contributed by atoms with Crippen molar-refractivity contribution in [2.45, 2.75) is 50.0 Å². The van der Waals surface area contributed by atoms with Crippen molar-refractivity contribution >= 4 is 35.2 Å². The summed E-state index contributed by atoms with van der Waals surface area (Å²) in [7, 11) is 0. The molecule has 1 saturated heterocycles. The van der Waals surface area contributed by atoms with Gasteiger partial charge < -0.3 is 10.2 Å². The molecule has 25 heavy (non-hydrogen) atoms. The summed E-state index contributed by atoms with van der Waals surface area (Å²) in [5, 5.41) is 3.94. The highest BCUT2D eigenvalue weighted by Gasteiger charge is 2.30. The molecule has 0 aromatic heterocycles. The molecule has 2 amide bonds. The third-order valence-electron chi connectivity index (χ3n) is 5.01. The molecule has 3 rings (SSSR count). The fourth-order valence-corrected chi connectivity index (χ4v) is 4.85. The molecule has 0 radical (unpaired) electrons. The molecule has 0 spiro atoms. The van der Waals surface area contributed by atoms with Crippen molar-refractivity contribution < 1.29 is 9.59 Å². The van der Waals surface area contributed by atoms with E-state index < -0.39 is 0 Å². The fraction of sp³-hybridized carbons (Fsp3) is 0.579. The van der Waals surface area contributed by atoms with E-state index in [1.54, 1.807) is 0 Å². The Kier molecular flexibility index (Phi) is 6.29. The molecule has 0 bridgehead atoms. The third-order valence-corrected chi connectivity index (χ3v) is 6.37. The molecule has 1 N–H and O–H groups in total. The molecule has 1 fully saturated rings. The van der Waals surface area contributed by atoms with Crippen LogP contribution in [0.3, 0.4) is 0 Å². The van der Waals surface area contributed by atoms with E-state index in [0.717, 1.165) is 37.0 Å². The van der Waals surface area contributed by atoms with Crippen LogP contribution in [0, 0.1) is 5.92 Å². The van der Waals surface area contributed by atoms with Gasteiger partial charge in [-0.3, -0.25) is 9.59 Å². The highest BCUT2D eigenvalue weighted by Crippen LogP contribution is 2.37. The zero-order chi connectivity index (χ0) is 17.8. The summed E-state index contributed by atoms with van der Waals surface area (Å²) in [6, 6.07) is 5.96. The minimum absolute atomic E-state index is 0.00268. The molecule has 1 aromatic carbocycles. The van der Waals surface area contributed by atoms with Crippen molar-refractivity contribution in [3.8, 4) is 0 Å². The Morgan fingerprint density at radius 2 is 2.04 bits per heavy atom. The normalized spacial score (nSPS) is 20.9. The van der Waals surface area contributed by atoms with Gasteiger partial charge in [-0.25, -0.2) is 0 Å². The zero-order valence-corrected chi connectivity index (χ0v) is 16.2. The van der Waals surface area contributed by atoms with Crippen LogP contribution >= 0.6 is 23.4 Å². The number of rotatable bonds is 4. The van der Waals surface area contributed by atoms with Gasteiger partial charge in [-0.15, -0.1) is 11.8 Å². The van der Waals surface area contributed by atoms with Crippen LogP contribution in [0.4, 0.5) is 0 Å². The first-order chi connectivity index (χ1) is 12.1. The maximum Gasteiger partial charge on any atom is 0.223 e. The molecule has 1 atom stereocenters. The van der Waals surface area contributed by atoms with E-state index in [9.17, 15) is 9.59 Å². The Hall–Kier alpha value is -1.20. The largest absolute Gasteiger partial charge is 0.349 e. The molecule has 0 saturated carbocycles. The Morgan fingerprint density at radius 3 is 2.76 bits per heavy atom. The summed E-state index contributed by atoms with van der Waals surface area (Å²) in [5.74, 6) is 1.34. The van der Waals surface area contributed by atoms with Gasteiger partial charge in [-0.2, -0.15) is 0 Å². The average molecular weight is 381 g/mol. The second-order valence-electron chi connectivity index (χ2n) is 6.79. The average Bonchev–Trinajstić information content (AvgIpc) is 2.62. The summed E-state index contributed by atoms with van der Waals surface area (Å²) in [6.07, 6.45) is 3.92. The van der Waals surface area contributed by atoms with Crippen LogP contribution in [0.5, 0.6) is 0 Å². The van der Waals surface area contributed by atoms with Crippen LogP contribution in [0.15, 0.2) is 23.1 Å². The van der Waals surface area contributed by atoms with Gasteiger partial charge in [0.25, 0.3) is 0 Å². The van der Waals surface area contributed by atoms with Crippen LogP contribution < -0.4 is 5.32 Å². The quantitative estimate of drug-likeness (QED) is 0.857. The van der Waals surface area contributed by atoms with Crippen molar-refractivity contribution in [2.24, 2.45) is 5.92 Å². The second-order valence-corrected chi connectivity index (χ2v) is 8.36. The number of nitrogens with zero attached hydrogens (tertiary/aromatic N) is 1. The van der Waals surface area contributed by atoms with Crippen LogP contribution in [-0.4, -0.2) is 35.6 Å². The Balaban J connectivity index is 1.58. The van der Waals surface area contributed by atoms with Gasteiger partial charge in [0.2, 0.25) is 11.8 Å². The first kappa shape index (κ1) is 18.6. The lowest BCUT2D eigenvalue weighted by Gasteiger charge is -2.33. The summed E-state index contributed by atoms with van der Waals surface area (Å²) in [5.41, 5.74) is 1.13. The maximum absolute atomic E-state index is 12.7. The molecular weight excluding hydrogens is 356 g/mol. The highest BCUT2D eigenvalue weighted by molar-refractivity contribution is 7.99. The molecule has 1 aromatic rings. The number of hydrogen-bond donors (Lipinski definition) is 1. The number of thioether (sulfide) groups is 1. The first-order valence-corrected chi connectivity index (χ1v) is 10.4. The van der Waals surface area contributed by atoms with E-state index in [0.29, 0.717) is 24.5 Å². The van der Waals surface area contributed by atoms with Crippen molar-refractivity contribution in [1.82, 2.24) is 10.2 Å². The Bertz CT molecular complexity index is 644. The van der Waals surface area contributed by atoms with E-state index in [1.165, 1.54) is 4.90 Å². The predicted octanol–water partition coefficient (Wildman–Crippen LogP) is 4.03. The molecule has 136 valence electrons. The maximum atomic E-state index is 12.7. The molecule has 2 aliphatic heterocycles. The molecule has 6 heteroatoms. The topological polar surface area (TPSA) is 49.4 Å². The zero-order valence-electron chi connectivity index (χ0n) is 14.6. The molecule has 2 aliphatic rings. The lowest BCUT2D eigenvalue weighted by molar-refractivity contribution is -0.135. The third kappa shape index (κ3) is 4.50. The van der Waals surface area contributed by atoms with E-state index >= 15 is 0 Å². The van der Waals surface area contributed by atoms with Gasteiger partial charge in [0.05, 0.1) is 6.04 Å². The van der Waals surface area contributed by atoms with Gasteiger partial charge in [0, 0.05) is 41.1 Å². The fourth-order valence-electron chi connectivity index (χ4n) is 3.57.